The number of halogens is 1. The van der Waals surface area contributed by atoms with E-state index in [0.29, 0.717) is 11.8 Å². The van der Waals surface area contributed by atoms with Gasteiger partial charge in [-0.1, -0.05) is 28.9 Å². The smallest absolute Gasteiger partial charge is 0.243 e. The zero-order valence-corrected chi connectivity index (χ0v) is 12.5. The lowest BCUT2D eigenvalue weighted by Crippen LogP contribution is -2.22. The third kappa shape index (κ3) is 3.02. The van der Waals surface area contributed by atoms with Crippen molar-refractivity contribution >= 4 is 11.6 Å². The summed E-state index contributed by atoms with van der Waals surface area (Å²) in [6.07, 6.45) is 2.38. The Morgan fingerprint density at radius 2 is 2.05 bits per heavy atom. The van der Waals surface area contributed by atoms with Crippen LogP contribution in [-0.4, -0.2) is 22.1 Å². The van der Waals surface area contributed by atoms with E-state index in [4.69, 9.17) is 16.1 Å². The fourth-order valence-corrected chi connectivity index (χ4v) is 2.25. The van der Waals surface area contributed by atoms with Crippen molar-refractivity contribution in [3.05, 3.63) is 46.6 Å². The molecule has 0 spiro atoms. The fourth-order valence-electron chi connectivity index (χ4n) is 2.13. The molecule has 4 nitrogen and oxygen atoms in total. The van der Waals surface area contributed by atoms with Crippen LogP contribution in [0.2, 0.25) is 5.02 Å². The highest BCUT2D eigenvalue weighted by Crippen LogP contribution is 2.38. The first-order chi connectivity index (χ1) is 9.63. The molecule has 0 saturated heterocycles. The lowest BCUT2D eigenvalue weighted by molar-refractivity contribution is 0.202. The van der Waals surface area contributed by atoms with Gasteiger partial charge < -0.3 is 4.52 Å². The zero-order valence-electron chi connectivity index (χ0n) is 11.7. The van der Waals surface area contributed by atoms with Gasteiger partial charge in [0.25, 0.3) is 0 Å². The Morgan fingerprint density at radius 1 is 1.35 bits per heavy atom. The van der Waals surface area contributed by atoms with Gasteiger partial charge in [-0.3, -0.25) is 4.90 Å². The van der Waals surface area contributed by atoms with Crippen molar-refractivity contribution in [1.29, 1.82) is 0 Å². The number of hydrogen-bond donors (Lipinski definition) is 0. The van der Waals surface area contributed by atoms with E-state index >= 15 is 0 Å². The second-order valence-corrected chi connectivity index (χ2v) is 5.92. The first kappa shape index (κ1) is 13.6. The van der Waals surface area contributed by atoms with Crippen LogP contribution < -0.4 is 0 Å². The van der Waals surface area contributed by atoms with E-state index in [-0.39, 0.29) is 6.04 Å². The van der Waals surface area contributed by atoms with Crippen molar-refractivity contribution in [2.75, 3.05) is 7.05 Å². The minimum Gasteiger partial charge on any atom is -0.338 e. The molecule has 0 aliphatic heterocycles. The summed E-state index contributed by atoms with van der Waals surface area (Å²) < 4.78 is 5.38. The van der Waals surface area contributed by atoms with Crippen LogP contribution in [0.15, 0.2) is 28.8 Å². The van der Waals surface area contributed by atoms with E-state index in [0.717, 1.165) is 17.4 Å². The summed E-state index contributed by atoms with van der Waals surface area (Å²) in [4.78, 5) is 6.70. The molecule has 2 aromatic rings. The minimum atomic E-state index is 0.102. The number of hydrogen-bond acceptors (Lipinski definition) is 4. The van der Waals surface area contributed by atoms with E-state index in [9.17, 15) is 0 Å². The monoisotopic (exact) mass is 291 g/mol. The van der Waals surface area contributed by atoms with Gasteiger partial charge in [-0.25, -0.2) is 0 Å². The summed E-state index contributed by atoms with van der Waals surface area (Å²) in [7, 11) is 2.06. The maximum absolute atomic E-state index is 5.90. The van der Waals surface area contributed by atoms with Crippen molar-refractivity contribution in [2.24, 2.45) is 0 Å². The van der Waals surface area contributed by atoms with Gasteiger partial charge in [-0.05, 0) is 44.5 Å². The molecule has 0 bridgehead atoms. The van der Waals surface area contributed by atoms with Crippen LogP contribution in [0.3, 0.4) is 0 Å². The van der Waals surface area contributed by atoms with Gasteiger partial charge in [-0.15, -0.1) is 0 Å². The molecule has 0 radical (unpaired) electrons. The second-order valence-electron chi connectivity index (χ2n) is 5.48. The van der Waals surface area contributed by atoms with Gasteiger partial charge in [0.15, 0.2) is 5.82 Å². The van der Waals surface area contributed by atoms with Crippen LogP contribution in [0.5, 0.6) is 0 Å². The second kappa shape index (κ2) is 5.54. The van der Waals surface area contributed by atoms with Crippen molar-refractivity contribution in [1.82, 2.24) is 15.0 Å². The summed E-state index contributed by atoms with van der Waals surface area (Å²) in [5, 5.41) is 4.83. The summed E-state index contributed by atoms with van der Waals surface area (Å²) in [5.74, 6) is 2.09. The van der Waals surface area contributed by atoms with E-state index in [1.807, 2.05) is 24.3 Å². The Bertz CT molecular complexity index is 577. The SMILES string of the molecule is CC(c1nc(C2CC2)no1)N(C)Cc1ccc(Cl)cc1. The number of benzene rings is 1. The average molecular weight is 292 g/mol. The Labute approximate surface area is 123 Å². The number of rotatable bonds is 5. The van der Waals surface area contributed by atoms with Crippen LogP contribution in [0.1, 0.15) is 49.0 Å². The van der Waals surface area contributed by atoms with Crippen molar-refractivity contribution in [3.63, 3.8) is 0 Å². The van der Waals surface area contributed by atoms with Crippen molar-refractivity contribution in [3.8, 4) is 0 Å². The lowest BCUT2D eigenvalue weighted by atomic mass is 10.2. The molecule has 1 aromatic heterocycles. The normalized spacial score (nSPS) is 16.6. The molecular weight excluding hydrogens is 274 g/mol. The van der Waals surface area contributed by atoms with Gasteiger partial charge in [0.05, 0.1) is 6.04 Å². The Balaban J connectivity index is 1.65. The quantitative estimate of drug-likeness (QED) is 0.840. The van der Waals surface area contributed by atoms with E-state index in [2.05, 4.69) is 29.0 Å². The van der Waals surface area contributed by atoms with E-state index < -0.39 is 0 Å². The van der Waals surface area contributed by atoms with Crippen LogP contribution in [0.25, 0.3) is 0 Å². The molecule has 106 valence electrons. The lowest BCUT2D eigenvalue weighted by Gasteiger charge is -2.21. The molecule has 1 unspecified atom stereocenters. The van der Waals surface area contributed by atoms with Crippen LogP contribution >= 0.6 is 11.6 Å². The van der Waals surface area contributed by atoms with Gasteiger partial charge in [0.2, 0.25) is 5.89 Å². The van der Waals surface area contributed by atoms with Gasteiger partial charge >= 0.3 is 0 Å². The van der Waals surface area contributed by atoms with Crippen LogP contribution in [0, 0.1) is 0 Å². The topological polar surface area (TPSA) is 42.2 Å². The Hall–Kier alpha value is -1.39. The molecule has 1 aliphatic carbocycles. The molecule has 1 fully saturated rings. The van der Waals surface area contributed by atoms with Crippen LogP contribution in [-0.2, 0) is 6.54 Å². The Morgan fingerprint density at radius 3 is 2.70 bits per heavy atom. The summed E-state index contributed by atoms with van der Waals surface area (Å²) in [6.45, 7) is 2.90. The maximum Gasteiger partial charge on any atom is 0.243 e. The zero-order chi connectivity index (χ0) is 14.1. The highest BCUT2D eigenvalue weighted by atomic mass is 35.5. The Kier molecular flexibility index (Phi) is 3.76. The molecule has 20 heavy (non-hydrogen) atoms. The maximum atomic E-state index is 5.90. The highest BCUT2D eigenvalue weighted by Gasteiger charge is 2.30. The molecule has 5 heteroatoms. The standard InChI is InChI=1S/C15H18ClN3O/c1-10(15-17-14(18-20-15)12-5-6-12)19(2)9-11-3-7-13(16)8-4-11/h3-4,7-8,10,12H,5-6,9H2,1-2H3. The number of nitrogens with zero attached hydrogens (tertiary/aromatic N) is 3. The predicted molar refractivity (Wildman–Crippen MR) is 77.6 cm³/mol. The van der Waals surface area contributed by atoms with Crippen molar-refractivity contribution < 1.29 is 4.52 Å². The molecule has 0 amide bonds. The minimum absolute atomic E-state index is 0.102. The molecule has 1 heterocycles. The third-order valence-electron chi connectivity index (χ3n) is 3.76. The van der Waals surface area contributed by atoms with E-state index in [1.165, 1.54) is 18.4 Å². The average Bonchev–Trinajstić information content (AvgIpc) is 3.18. The molecule has 1 aromatic carbocycles. The van der Waals surface area contributed by atoms with Gasteiger partial charge in [0.1, 0.15) is 0 Å². The predicted octanol–water partition coefficient (Wildman–Crippen LogP) is 3.79. The molecule has 3 rings (SSSR count). The first-order valence-electron chi connectivity index (χ1n) is 6.91. The highest BCUT2D eigenvalue weighted by molar-refractivity contribution is 6.30. The number of aromatic nitrogens is 2. The summed E-state index contributed by atoms with van der Waals surface area (Å²) in [5.41, 5.74) is 1.21. The van der Waals surface area contributed by atoms with E-state index in [1.54, 1.807) is 0 Å². The molecular formula is C15H18ClN3O. The third-order valence-corrected chi connectivity index (χ3v) is 4.02. The molecule has 1 aliphatic rings. The molecule has 1 saturated carbocycles. The van der Waals surface area contributed by atoms with Crippen LogP contribution in [0.4, 0.5) is 0 Å². The van der Waals surface area contributed by atoms with Crippen molar-refractivity contribution in [2.45, 2.75) is 38.3 Å². The van der Waals surface area contributed by atoms with Gasteiger partial charge in [-0.2, -0.15) is 4.98 Å². The molecule has 1 atom stereocenters. The summed E-state index contributed by atoms with van der Waals surface area (Å²) in [6, 6.07) is 8.00. The fraction of sp³-hybridized carbons (Fsp3) is 0.467. The largest absolute Gasteiger partial charge is 0.338 e. The first-order valence-corrected chi connectivity index (χ1v) is 7.29. The molecule has 0 N–H and O–H groups in total. The van der Waals surface area contributed by atoms with Gasteiger partial charge in [0, 0.05) is 17.5 Å². The summed E-state index contributed by atoms with van der Waals surface area (Å²) >= 11 is 5.90.